The Morgan fingerprint density at radius 3 is 2.34 bits per heavy atom. The molecule has 2 aromatic carbocycles. The highest BCUT2D eigenvalue weighted by Crippen LogP contribution is 2.35. The molecule has 1 saturated heterocycles. The average molecular weight is 386 g/mol. The number of nitrogens with one attached hydrogen (secondary N) is 2. The molecule has 2 N–H and O–H groups in total. The molecule has 1 fully saturated rings. The maximum atomic E-state index is 13.0. The molecule has 1 amide bonds. The lowest BCUT2D eigenvalue weighted by Gasteiger charge is -2.30. The van der Waals surface area contributed by atoms with Crippen LogP contribution < -0.4 is 5.32 Å². The van der Waals surface area contributed by atoms with Crippen LogP contribution in [-0.4, -0.2) is 40.1 Å². The van der Waals surface area contributed by atoms with Crippen molar-refractivity contribution in [1.29, 1.82) is 0 Å². The number of H-pyrrole nitrogens is 1. The monoisotopic (exact) mass is 386 g/mol. The Hall–Kier alpha value is -2.92. The van der Waals surface area contributed by atoms with Gasteiger partial charge in [-0.15, -0.1) is 0 Å². The van der Waals surface area contributed by atoms with Gasteiger partial charge in [-0.25, -0.2) is 0 Å². The van der Waals surface area contributed by atoms with Gasteiger partial charge in [-0.1, -0.05) is 60.7 Å². The highest BCUT2D eigenvalue weighted by atomic mass is 16.2. The molecule has 0 aliphatic carbocycles. The van der Waals surface area contributed by atoms with Crippen LogP contribution in [0.4, 0.5) is 0 Å². The molecule has 3 aromatic rings. The van der Waals surface area contributed by atoms with E-state index in [-0.39, 0.29) is 17.9 Å². The number of aromatic nitrogens is 2. The summed E-state index contributed by atoms with van der Waals surface area (Å²) in [5.41, 5.74) is 5.82. The average Bonchev–Trinajstić information content (AvgIpc) is 3.45. The maximum Gasteiger partial charge on any atom is 0.240 e. The summed E-state index contributed by atoms with van der Waals surface area (Å²) < 4.78 is 0. The number of rotatable bonds is 4. The summed E-state index contributed by atoms with van der Waals surface area (Å²) in [6, 6.07) is 21.0. The van der Waals surface area contributed by atoms with Crippen LogP contribution in [0, 0.1) is 0 Å². The number of aromatic amines is 1. The van der Waals surface area contributed by atoms with E-state index in [9.17, 15) is 4.79 Å². The van der Waals surface area contributed by atoms with Gasteiger partial charge in [0, 0.05) is 30.8 Å². The maximum absolute atomic E-state index is 13.0. The summed E-state index contributed by atoms with van der Waals surface area (Å²) in [6.07, 6.45) is 2.85. The van der Waals surface area contributed by atoms with Crippen LogP contribution in [-0.2, 0) is 17.8 Å². The number of amides is 1. The van der Waals surface area contributed by atoms with E-state index in [1.807, 2.05) is 17.0 Å². The highest BCUT2D eigenvalue weighted by molar-refractivity contribution is 5.82. The molecule has 0 bridgehead atoms. The van der Waals surface area contributed by atoms with E-state index in [1.165, 1.54) is 22.4 Å². The molecule has 0 spiro atoms. The molecule has 1 aromatic heterocycles. The van der Waals surface area contributed by atoms with Crippen molar-refractivity contribution in [2.24, 2.45) is 0 Å². The lowest BCUT2D eigenvalue weighted by Crippen LogP contribution is -2.45. The Kier molecular flexibility index (Phi) is 4.90. The first kappa shape index (κ1) is 18.1. The molecule has 5 nitrogen and oxygen atoms in total. The van der Waals surface area contributed by atoms with Crippen LogP contribution >= 0.6 is 0 Å². The van der Waals surface area contributed by atoms with Crippen molar-refractivity contribution < 1.29 is 4.79 Å². The van der Waals surface area contributed by atoms with Gasteiger partial charge < -0.3 is 10.2 Å². The summed E-state index contributed by atoms with van der Waals surface area (Å²) in [5.74, 6) is 0.285. The number of carbonyl (C=O) groups is 1. The van der Waals surface area contributed by atoms with Crippen molar-refractivity contribution in [3.63, 3.8) is 0 Å². The largest absolute Gasteiger partial charge is 0.336 e. The molecule has 0 radical (unpaired) electrons. The minimum Gasteiger partial charge on any atom is -0.336 e. The van der Waals surface area contributed by atoms with E-state index in [2.05, 4.69) is 58.9 Å². The molecule has 1 atom stereocenters. The van der Waals surface area contributed by atoms with Crippen LogP contribution in [0.2, 0.25) is 0 Å². The van der Waals surface area contributed by atoms with Crippen LogP contribution in [0.15, 0.2) is 60.7 Å². The van der Waals surface area contributed by atoms with Gasteiger partial charge in [-0.05, 0) is 30.5 Å². The first-order valence-electron chi connectivity index (χ1n) is 10.5. The molecular formula is C24H26N4O. The molecule has 2 aliphatic rings. The van der Waals surface area contributed by atoms with E-state index in [1.54, 1.807) is 0 Å². The first-order chi connectivity index (χ1) is 14.3. The fraction of sp³-hybridized carbons (Fsp3) is 0.333. The number of hydrogen-bond acceptors (Lipinski definition) is 3. The van der Waals surface area contributed by atoms with Gasteiger partial charge in [0.1, 0.15) is 0 Å². The third-order valence-electron chi connectivity index (χ3n) is 6.17. The Labute approximate surface area is 171 Å². The minimum absolute atomic E-state index is 0.0223. The van der Waals surface area contributed by atoms with Crippen molar-refractivity contribution in [3.8, 4) is 0 Å². The zero-order valence-electron chi connectivity index (χ0n) is 16.5. The smallest absolute Gasteiger partial charge is 0.240 e. The predicted molar refractivity (Wildman–Crippen MR) is 113 cm³/mol. The molecule has 5 heteroatoms. The van der Waals surface area contributed by atoms with Crippen LogP contribution in [0.5, 0.6) is 0 Å². The molecule has 0 saturated carbocycles. The Bertz CT molecular complexity index is 937. The quantitative estimate of drug-likeness (QED) is 0.724. The Morgan fingerprint density at radius 1 is 1.03 bits per heavy atom. The Morgan fingerprint density at radius 2 is 1.72 bits per heavy atom. The zero-order valence-corrected chi connectivity index (χ0v) is 16.5. The summed E-state index contributed by atoms with van der Waals surface area (Å²) >= 11 is 0. The lowest BCUT2D eigenvalue weighted by atomic mass is 9.85. The van der Waals surface area contributed by atoms with E-state index in [0.29, 0.717) is 6.54 Å². The summed E-state index contributed by atoms with van der Waals surface area (Å²) in [5, 5.41) is 11.4. The molecule has 3 heterocycles. The van der Waals surface area contributed by atoms with Crippen molar-refractivity contribution in [2.75, 3.05) is 13.1 Å². The lowest BCUT2D eigenvalue weighted by molar-refractivity contribution is -0.134. The standard InChI is InChI=1S/C24H26N4O/c29-24(21-12-7-14-25-21)28-15-13-20-19(16-28)23(27-26-20)22(17-8-3-1-4-9-17)18-10-5-2-6-11-18/h1-6,8-11,21-22,25H,7,12-16H2,(H,26,27). The first-order valence-corrected chi connectivity index (χ1v) is 10.5. The number of benzene rings is 2. The fourth-order valence-corrected chi connectivity index (χ4v) is 4.66. The third-order valence-corrected chi connectivity index (χ3v) is 6.17. The van der Waals surface area contributed by atoms with Gasteiger partial charge in [-0.2, -0.15) is 5.10 Å². The van der Waals surface area contributed by atoms with Gasteiger partial charge in [0.05, 0.1) is 17.7 Å². The number of fused-ring (bicyclic) bond motifs is 1. The molecule has 5 rings (SSSR count). The van der Waals surface area contributed by atoms with Gasteiger partial charge in [-0.3, -0.25) is 9.89 Å². The van der Waals surface area contributed by atoms with E-state index in [4.69, 9.17) is 5.10 Å². The second-order valence-electron chi connectivity index (χ2n) is 7.98. The Balaban J connectivity index is 1.51. The molecule has 2 aliphatic heterocycles. The molecule has 1 unspecified atom stereocenters. The highest BCUT2D eigenvalue weighted by Gasteiger charge is 2.33. The summed E-state index contributed by atoms with van der Waals surface area (Å²) in [7, 11) is 0. The fourth-order valence-electron chi connectivity index (χ4n) is 4.66. The van der Waals surface area contributed by atoms with Crippen molar-refractivity contribution in [1.82, 2.24) is 20.4 Å². The van der Waals surface area contributed by atoms with Crippen molar-refractivity contribution in [2.45, 2.75) is 37.8 Å². The minimum atomic E-state index is -0.0223. The van der Waals surface area contributed by atoms with Gasteiger partial charge in [0.15, 0.2) is 0 Å². The SMILES string of the molecule is O=C(C1CCCN1)N1CCc2[nH]nc(C(c3ccccc3)c3ccccc3)c2C1. The zero-order chi connectivity index (χ0) is 19.6. The van der Waals surface area contributed by atoms with E-state index in [0.717, 1.165) is 38.0 Å². The van der Waals surface area contributed by atoms with Crippen LogP contribution in [0.25, 0.3) is 0 Å². The summed E-state index contributed by atoms with van der Waals surface area (Å²) in [4.78, 5) is 15.0. The molecular weight excluding hydrogens is 360 g/mol. The number of carbonyl (C=O) groups excluding carboxylic acids is 1. The van der Waals surface area contributed by atoms with Gasteiger partial charge in [0.2, 0.25) is 5.91 Å². The summed E-state index contributed by atoms with van der Waals surface area (Å²) in [6.45, 7) is 2.33. The number of nitrogens with zero attached hydrogens (tertiary/aromatic N) is 2. The molecule has 148 valence electrons. The van der Waals surface area contributed by atoms with E-state index >= 15 is 0 Å². The van der Waals surface area contributed by atoms with Crippen molar-refractivity contribution >= 4 is 5.91 Å². The van der Waals surface area contributed by atoms with Crippen molar-refractivity contribution in [3.05, 3.63) is 88.7 Å². The van der Waals surface area contributed by atoms with Gasteiger partial charge >= 0.3 is 0 Å². The van der Waals surface area contributed by atoms with Gasteiger partial charge in [0.25, 0.3) is 0 Å². The van der Waals surface area contributed by atoms with E-state index < -0.39 is 0 Å². The predicted octanol–water partition coefficient (Wildman–Crippen LogP) is 3.23. The topological polar surface area (TPSA) is 61.0 Å². The number of hydrogen-bond donors (Lipinski definition) is 2. The molecule has 29 heavy (non-hydrogen) atoms. The third kappa shape index (κ3) is 3.47. The normalized spacial score (nSPS) is 18.8. The second-order valence-corrected chi connectivity index (χ2v) is 7.98. The van der Waals surface area contributed by atoms with Crippen LogP contribution in [0.3, 0.4) is 0 Å². The second kappa shape index (κ2) is 7.84. The van der Waals surface area contributed by atoms with Crippen LogP contribution in [0.1, 0.15) is 46.8 Å².